The van der Waals surface area contributed by atoms with Crippen LogP contribution in [0.3, 0.4) is 0 Å². The van der Waals surface area contributed by atoms with Gasteiger partial charge in [0, 0.05) is 5.02 Å². The zero-order valence-corrected chi connectivity index (χ0v) is 8.99. The van der Waals surface area contributed by atoms with Crippen LogP contribution < -0.4 is 0 Å². The van der Waals surface area contributed by atoms with E-state index in [2.05, 4.69) is 0 Å². The van der Waals surface area contributed by atoms with Crippen molar-refractivity contribution in [3.8, 4) is 6.07 Å². The van der Waals surface area contributed by atoms with E-state index in [9.17, 15) is 4.79 Å². The van der Waals surface area contributed by atoms with E-state index < -0.39 is 11.9 Å². The Morgan fingerprint density at radius 2 is 2.40 bits per heavy atom. The topological polar surface area (TPSA) is 50.1 Å². The van der Waals surface area contributed by atoms with Crippen molar-refractivity contribution in [1.29, 1.82) is 5.26 Å². The predicted molar refractivity (Wildman–Crippen MR) is 56.4 cm³/mol. The highest BCUT2D eigenvalue weighted by molar-refractivity contribution is 6.30. The Hall–Kier alpha value is -1.53. The zero-order chi connectivity index (χ0) is 11.3. The van der Waals surface area contributed by atoms with Gasteiger partial charge in [-0.1, -0.05) is 23.7 Å². The Labute approximate surface area is 93.2 Å². The van der Waals surface area contributed by atoms with Crippen molar-refractivity contribution in [1.82, 2.24) is 0 Å². The Kier molecular flexibility index (Phi) is 4.14. The minimum atomic E-state index is -0.899. The second kappa shape index (κ2) is 5.38. The van der Waals surface area contributed by atoms with E-state index in [1.54, 1.807) is 31.2 Å². The van der Waals surface area contributed by atoms with E-state index in [0.717, 1.165) is 0 Å². The van der Waals surface area contributed by atoms with Gasteiger partial charge in [0.15, 0.2) is 5.92 Å². The molecule has 1 aromatic carbocycles. The van der Waals surface area contributed by atoms with Crippen LogP contribution in [0.4, 0.5) is 0 Å². The van der Waals surface area contributed by atoms with Crippen molar-refractivity contribution in [2.24, 2.45) is 0 Å². The van der Waals surface area contributed by atoms with E-state index in [1.807, 2.05) is 6.07 Å². The molecule has 3 nitrogen and oxygen atoms in total. The van der Waals surface area contributed by atoms with Crippen LogP contribution in [0.15, 0.2) is 24.3 Å². The lowest BCUT2D eigenvalue weighted by Gasteiger charge is -2.08. The first-order chi connectivity index (χ1) is 7.19. The fraction of sp³-hybridized carbons (Fsp3) is 0.273. The summed E-state index contributed by atoms with van der Waals surface area (Å²) >= 11 is 5.77. The quantitative estimate of drug-likeness (QED) is 0.740. The monoisotopic (exact) mass is 223 g/mol. The summed E-state index contributed by atoms with van der Waals surface area (Å²) in [4.78, 5) is 11.4. The molecule has 0 radical (unpaired) electrons. The summed E-state index contributed by atoms with van der Waals surface area (Å²) in [5.74, 6) is -1.44. The number of esters is 1. The molecule has 1 atom stereocenters. The molecule has 4 heteroatoms. The maximum Gasteiger partial charge on any atom is 0.327 e. The summed E-state index contributed by atoms with van der Waals surface area (Å²) in [5.41, 5.74) is 0.559. The average molecular weight is 224 g/mol. The molecule has 0 heterocycles. The van der Waals surface area contributed by atoms with Gasteiger partial charge in [-0.25, -0.2) is 0 Å². The standard InChI is InChI=1S/C11H10ClNO2/c1-2-15-11(14)10(7-13)8-4-3-5-9(12)6-8/h3-6,10H,2H2,1H3/t10-/m1/s1. The molecule has 0 unspecified atom stereocenters. The van der Waals surface area contributed by atoms with Crippen LogP contribution in [-0.4, -0.2) is 12.6 Å². The summed E-state index contributed by atoms with van der Waals surface area (Å²) in [5, 5.41) is 9.37. The Morgan fingerprint density at radius 1 is 1.67 bits per heavy atom. The third kappa shape index (κ3) is 2.97. The number of benzene rings is 1. The highest BCUT2D eigenvalue weighted by atomic mass is 35.5. The van der Waals surface area contributed by atoms with E-state index in [0.29, 0.717) is 10.6 Å². The fourth-order valence-electron chi connectivity index (χ4n) is 1.18. The van der Waals surface area contributed by atoms with Gasteiger partial charge in [0.1, 0.15) is 0 Å². The molecule has 0 saturated heterocycles. The van der Waals surface area contributed by atoms with Crippen molar-refractivity contribution in [2.75, 3.05) is 6.61 Å². The molecule has 0 N–H and O–H groups in total. The Balaban J connectivity index is 2.93. The molecule has 15 heavy (non-hydrogen) atoms. The van der Waals surface area contributed by atoms with Crippen molar-refractivity contribution in [3.05, 3.63) is 34.9 Å². The molecule has 78 valence electrons. The highest BCUT2D eigenvalue weighted by Crippen LogP contribution is 2.20. The molecule has 0 fully saturated rings. The minimum Gasteiger partial charge on any atom is -0.465 e. The summed E-state index contributed by atoms with van der Waals surface area (Å²) in [6.07, 6.45) is 0. The second-order valence-corrected chi connectivity index (χ2v) is 3.31. The van der Waals surface area contributed by atoms with Crippen molar-refractivity contribution >= 4 is 17.6 Å². The lowest BCUT2D eigenvalue weighted by molar-refractivity contribution is -0.143. The zero-order valence-electron chi connectivity index (χ0n) is 8.24. The van der Waals surface area contributed by atoms with Crippen molar-refractivity contribution < 1.29 is 9.53 Å². The third-order valence-corrected chi connectivity index (χ3v) is 2.07. The van der Waals surface area contributed by atoms with Crippen LogP contribution >= 0.6 is 11.6 Å². The molecule has 1 rings (SSSR count). The van der Waals surface area contributed by atoms with Gasteiger partial charge in [0.2, 0.25) is 0 Å². The molecular weight excluding hydrogens is 214 g/mol. The molecule has 0 aliphatic heterocycles. The van der Waals surface area contributed by atoms with Gasteiger partial charge in [0.25, 0.3) is 0 Å². The highest BCUT2D eigenvalue weighted by Gasteiger charge is 2.21. The summed E-state index contributed by atoms with van der Waals surface area (Å²) in [6, 6.07) is 8.54. The van der Waals surface area contributed by atoms with Crippen molar-refractivity contribution in [2.45, 2.75) is 12.8 Å². The number of nitriles is 1. The van der Waals surface area contributed by atoms with E-state index >= 15 is 0 Å². The molecule has 0 saturated carbocycles. The summed E-state index contributed by atoms with van der Waals surface area (Å²) in [7, 11) is 0. The first-order valence-corrected chi connectivity index (χ1v) is 4.88. The number of carbonyl (C=O) groups is 1. The number of carbonyl (C=O) groups excluding carboxylic acids is 1. The summed E-state index contributed by atoms with van der Waals surface area (Å²) < 4.78 is 4.78. The first-order valence-electron chi connectivity index (χ1n) is 4.50. The second-order valence-electron chi connectivity index (χ2n) is 2.87. The summed E-state index contributed by atoms with van der Waals surface area (Å²) in [6.45, 7) is 1.96. The molecule has 0 aliphatic carbocycles. The average Bonchev–Trinajstić information content (AvgIpc) is 2.19. The lowest BCUT2D eigenvalue weighted by Crippen LogP contribution is -2.14. The minimum absolute atomic E-state index is 0.261. The first kappa shape index (κ1) is 11.5. The third-order valence-electron chi connectivity index (χ3n) is 1.83. The number of rotatable bonds is 3. The molecule has 0 amide bonds. The maximum absolute atomic E-state index is 11.4. The largest absolute Gasteiger partial charge is 0.465 e. The van der Waals surface area contributed by atoms with Gasteiger partial charge in [-0.3, -0.25) is 4.79 Å². The number of hydrogen-bond donors (Lipinski definition) is 0. The number of hydrogen-bond acceptors (Lipinski definition) is 3. The molecular formula is C11H10ClNO2. The van der Waals surface area contributed by atoms with Crippen LogP contribution in [0.25, 0.3) is 0 Å². The van der Waals surface area contributed by atoms with E-state index in [4.69, 9.17) is 21.6 Å². The normalized spacial score (nSPS) is 11.5. The maximum atomic E-state index is 11.4. The van der Waals surface area contributed by atoms with Gasteiger partial charge < -0.3 is 4.74 Å². The number of ether oxygens (including phenoxy) is 1. The Morgan fingerprint density at radius 3 is 2.93 bits per heavy atom. The molecule has 0 aromatic heterocycles. The van der Waals surface area contributed by atoms with Crippen LogP contribution in [0, 0.1) is 11.3 Å². The van der Waals surface area contributed by atoms with E-state index in [1.165, 1.54) is 0 Å². The van der Waals surface area contributed by atoms with Crippen LogP contribution in [0.1, 0.15) is 18.4 Å². The molecule has 1 aromatic rings. The van der Waals surface area contributed by atoms with Gasteiger partial charge in [0.05, 0.1) is 12.7 Å². The Bertz CT molecular complexity index is 398. The number of halogens is 1. The predicted octanol–water partition coefficient (Wildman–Crippen LogP) is 2.51. The molecule has 0 bridgehead atoms. The van der Waals surface area contributed by atoms with Gasteiger partial charge in [-0.05, 0) is 24.6 Å². The van der Waals surface area contributed by atoms with Crippen LogP contribution in [0.5, 0.6) is 0 Å². The van der Waals surface area contributed by atoms with Gasteiger partial charge >= 0.3 is 5.97 Å². The lowest BCUT2D eigenvalue weighted by atomic mass is 10.0. The van der Waals surface area contributed by atoms with Gasteiger partial charge in [-0.2, -0.15) is 5.26 Å². The SMILES string of the molecule is CCOC(=O)[C@H](C#N)c1cccc(Cl)c1. The fourth-order valence-corrected chi connectivity index (χ4v) is 1.37. The molecule has 0 spiro atoms. The van der Waals surface area contributed by atoms with Gasteiger partial charge in [-0.15, -0.1) is 0 Å². The molecule has 0 aliphatic rings. The van der Waals surface area contributed by atoms with Crippen LogP contribution in [0.2, 0.25) is 5.02 Å². The smallest absolute Gasteiger partial charge is 0.327 e. The van der Waals surface area contributed by atoms with Crippen molar-refractivity contribution in [3.63, 3.8) is 0 Å². The van der Waals surface area contributed by atoms with E-state index in [-0.39, 0.29) is 6.61 Å². The number of nitrogens with zero attached hydrogens (tertiary/aromatic N) is 1. The van der Waals surface area contributed by atoms with Crippen LogP contribution in [-0.2, 0) is 9.53 Å².